The third-order valence-corrected chi connectivity index (χ3v) is 5.99. The largest absolute Gasteiger partial charge is 0.462 e. The SMILES string of the molecule is CC1=COc2cc(C)ccc2C(=O)N1CCCCN1CCN(c2ccccc2)CC1. The number of allylic oxidation sites excluding steroid dienone is 1. The molecule has 0 radical (unpaired) electrons. The highest BCUT2D eigenvalue weighted by molar-refractivity contribution is 5.98. The number of rotatable bonds is 6. The van der Waals surface area contributed by atoms with Crippen molar-refractivity contribution in [2.45, 2.75) is 26.7 Å². The maximum Gasteiger partial charge on any atom is 0.261 e. The molecule has 5 nitrogen and oxygen atoms in total. The highest BCUT2D eigenvalue weighted by Crippen LogP contribution is 2.27. The number of ether oxygens (including phenoxy) is 1. The third-order valence-electron chi connectivity index (χ3n) is 5.99. The maximum absolute atomic E-state index is 13.0. The number of carbonyl (C=O) groups is 1. The van der Waals surface area contributed by atoms with Crippen molar-refractivity contribution < 1.29 is 9.53 Å². The molecule has 1 saturated heterocycles. The molecule has 0 aromatic heterocycles. The van der Waals surface area contributed by atoms with Crippen molar-refractivity contribution in [2.24, 2.45) is 0 Å². The van der Waals surface area contributed by atoms with Gasteiger partial charge in [0.05, 0.1) is 11.3 Å². The molecule has 158 valence electrons. The molecule has 0 N–H and O–H groups in total. The van der Waals surface area contributed by atoms with Crippen molar-refractivity contribution in [3.8, 4) is 5.75 Å². The van der Waals surface area contributed by atoms with Crippen LogP contribution in [0.25, 0.3) is 0 Å². The lowest BCUT2D eigenvalue weighted by Crippen LogP contribution is -2.46. The zero-order chi connectivity index (χ0) is 20.9. The van der Waals surface area contributed by atoms with Gasteiger partial charge in [0.2, 0.25) is 0 Å². The van der Waals surface area contributed by atoms with Crippen LogP contribution in [0.15, 0.2) is 60.5 Å². The molecule has 0 spiro atoms. The van der Waals surface area contributed by atoms with Crippen LogP contribution in [-0.4, -0.2) is 55.0 Å². The Labute approximate surface area is 179 Å². The predicted molar refractivity (Wildman–Crippen MR) is 121 cm³/mol. The third kappa shape index (κ3) is 4.68. The van der Waals surface area contributed by atoms with Crippen LogP contribution in [0, 0.1) is 6.92 Å². The summed E-state index contributed by atoms with van der Waals surface area (Å²) in [5, 5.41) is 0. The summed E-state index contributed by atoms with van der Waals surface area (Å²) < 4.78 is 5.75. The van der Waals surface area contributed by atoms with Crippen molar-refractivity contribution in [1.29, 1.82) is 0 Å². The van der Waals surface area contributed by atoms with Crippen LogP contribution >= 0.6 is 0 Å². The van der Waals surface area contributed by atoms with Crippen molar-refractivity contribution in [1.82, 2.24) is 9.80 Å². The molecule has 0 aliphatic carbocycles. The number of anilines is 1. The molecular weight excluding hydrogens is 374 g/mol. The number of carbonyl (C=O) groups excluding carboxylic acids is 1. The minimum absolute atomic E-state index is 0.0349. The van der Waals surface area contributed by atoms with Gasteiger partial charge in [0.15, 0.2) is 0 Å². The Morgan fingerprint density at radius 3 is 2.40 bits per heavy atom. The maximum atomic E-state index is 13.0. The van der Waals surface area contributed by atoms with Gasteiger partial charge in [-0.1, -0.05) is 24.3 Å². The lowest BCUT2D eigenvalue weighted by molar-refractivity contribution is 0.0804. The number of nitrogens with zero attached hydrogens (tertiary/aromatic N) is 3. The molecule has 5 heteroatoms. The second kappa shape index (κ2) is 9.35. The van der Waals surface area contributed by atoms with Crippen LogP contribution in [0.4, 0.5) is 5.69 Å². The Bertz CT molecular complexity index is 902. The van der Waals surface area contributed by atoms with E-state index in [0.717, 1.165) is 63.4 Å². The summed E-state index contributed by atoms with van der Waals surface area (Å²) in [7, 11) is 0. The predicted octanol–water partition coefficient (Wildman–Crippen LogP) is 4.29. The van der Waals surface area contributed by atoms with E-state index in [0.29, 0.717) is 11.3 Å². The van der Waals surface area contributed by atoms with E-state index in [2.05, 4.69) is 40.1 Å². The smallest absolute Gasteiger partial charge is 0.261 e. The number of aryl methyl sites for hydroxylation is 1. The fraction of sp³-hybridized carbons (Fsp3) is 0.400. The molecule has 0 atom stereocenters. The highest BCUT2D eigenvalue weighted by atomic mass is 16.5. The molecule has 0 saturated carbocycles. The van der Waals surface area contributed by atoms with Gasteiger partial charge in [-0.25, -0.2) is 0 Å². The Hall–Kier alpha value is -2.79. The van der Waals surface area contributed by atoms with Gasteiger partial charge in [0.1, 0.15) is 12.0 Å². The highest BCUT2D eigenvalue weighted by Gasteiger charge is 2.24. The summed E-state index contributed by atoms with van der Waals surface area (Å²) >= 11 is 0. The molecule has 4 rings (SSSR count). The first-order chi connectivity index (χ1) is 14.6. The summed E-state index contributed by atoms with van der Waals surface area (Å²) in [5.41, 5.74) is 3.92. The van der Waals surface area contributed by atoms with Crippen LogP contribution < -0.4 is 9.64 Å². The van der Waals surface area contributed by atoms with Gasteiger partial charge in [0.25, 0.3) is 5.91 Å². The zero-order valence-electron chi connectivity index (χ0n) is 18.0. The number of fused-ring (bicyclic) bond motifs is 1. The second-order valence-electron chi connectivity index (χ2n) is 8.20. The van der Waals surface area contributed by atoms with E-state index < -0.39 is 0 Å². The number of para-hydroxylation sites is 1. The van der Waals surface area contributed by atoms with Gasteiger partial charge in [-0.2, -0.15) is 0 Å². The molecule has 2 aromatic rings. The number of amides is 1. The molecule has 2 aliphatic rings. The van der Waals surface area contributed by atoms with Crippen LogP contribution in [0.1, 0.15) is 35.7 Å². The van der Waals surface area contributed by atoms with Crippen LogP contribution in [0.2, 0.25) is 0 Å². The lowest BCUT2D eigenvalue weighted by atomic mass is 10.1. The van der Waals surface area contributed by atoms with E-state index in [9.17, 15) is 4.79 Å². The number of hydrogen-bond acceptors (Lipinski definition) is 4. The minimum atomic E-state index is 0.0349. The van der Waals surface area contributed by atoms with Crippen molar-refractivity contribution >= 4 is 11.6 Å². The zero-order valence-corrected chi connectivity index (χ0v) is 18.0. The van der Waals surface area contributed by atoms with Crippen molar-refractivity contribution in [2.75, 3.05) is 44.2 Å². The second-order valence-corrected chi connectivity index (χ2v) is 8.20. The van der Waals surface area contributed by atoms with E-state index in [4.69, 9.17) is 4.74 Å². The first kappa shape index (κ1) is 20.5. The Morgan fingerprint density at radius 1 is 0.900 bits per heavy atom. The number of hydrogen-bond donors (Lipinski definition) is 0. The lowest BCUT2D eigenvalue weighted by Gasteiger charge is -2.36. The summed E-state index contributed by atoms with van der Waals surface area (Å²) in [4.78, 5) is 19.9. The van der Waals surface area contributed by atoms with E-state index in [-0.39, 0.29) is 5.91 Å². The van der Waals surface area contributed by atoms with E-state index in [1.807, 2.05) is 36.9 Å². The normalized spacial score (nSPS) is 17.3. The number of unbranched alkanes of at least 4 members (excludes halogenated alkanes) is 1. The average Bonchev–Trinajstić information content (AvgIpc) is 2.89. The minimum Gasteiger partial charge on any atom is -0.462 e. The summed E-state index contributed by atoms with van der Waals surface area (Å²) in [6.45, 7) is 10.1. The number of benzene rings is 2. The number of piperazine rings is 1. The van der Waals surface area contributed by atoms with E-state index in [1.165, 1.54) is 5.69 Å². The summed E-state index contributed by atoms with van der Waals surface area (Å²) in [6, 6.07) is 16.4. The first-order valence-electron chi connectivity index (χ1n) is 10.9. The van der Waals surface area contributed by atoms with Gasteiger partial charge >= 0.3 is 0 Å². The molecule has 1 fully saturated rings. The Balaban J connectivity index is 1.24. The van der Waals surface area contributed by atoms with Crippen molar-refractivity contribution in [3.05, 3.63) is 71.6 Å². The summed E-state index contributed by atoms with van der Waals surface area (Å²) in [5.74, 6) is 0.686. The van der Waals surface area contributed by atoms with Crippen LogP contribution in [0.5, 0.6) is 5.75 Å². The average molecular weight is 406 g/mol. The van der Waals surface area contributed by atoms with Gasteiger partial charge in [0, 0.05) is 38.4 Å². The van der Waals surface area contributed by atoms with E-state index >= 15 is 0 Å². The standard InChI is InChI=1S/C25H31N3O2/c1-20-10-11-23-24(18-20)30-19-21(2)28(25(23)29)13-7-6-12-26-14-16-27(17-15-26)22-8-4-3-5-9-22/h3-5,8-11,18-19H,6-7,12-17H2,1-2H3. The molecule has 1 amide bonds. The topological polar surface area (TPSA) is 36.0 Å². The monoisotopic (exact) mass is 405 g/mol. The van der Waals surface area contributed by atoms with E-state index in [1.54, 1.807) is 6.26 Å². The molecule has 0 bridgehead atoms. The molecular formula is C25H31N3O2. The molecule has 30 heavy (non-hydrogen) atoms. The molecule has 0 unspecified atom stereocenters. The van der Waals surface area contributed by atoms with Crippen molar-refractivity contribution in [3.63, 3.8) is 0 Å². The quantitative estimate of drug-likeness (QED) is 0.672. The van der Waals surface area contributed by atoms with Gasteiger partial charge < -0.3 is 14.5 Å². The Kier molecular flexibility index (Phi) is 6.38. The summed E-state index contributed by atoms with van der Waals surface area (Å²) in [6.07, 6.45) is 3.77. The van der Waals surface area contributed by atoms with Gasteiger partial charge in [-0.15, -0.1) is 0 Å². The van der Waals surface area contributed by atoms with Gasteiger partial charge in [-0.3, -0.25) is 9.69 Å². The molecule has 2 aromatic carbocycles. The first-order valence-corrected chi connectivity index (χ1v) is 10.9. The van der Waals surface area contributed by atoms with Crippen LogP contribution in [0.3, 0.4) is 0 Å². The molecule has 2 aliphatic heterocycles. The molecule has 2 heterocycles. The van der Waals surface area contributed by atoms with Crippen LogP contribution in [-0.2, 0) is 0 Å². The van der Waals surface area contributed by atoms with Gasteiger partial charge in [-0.05, 0) is 63.1 Å². The fourth-order valence-electron chi connectivity index (χ4n) is 4.17. The Morgan fingerprint density at radius 2 is 1.63 bits per heavy atom. The fourth-order valence-corrected chi connectivity index (χ4v) is 4.17.